The third-order valence-corrected chi connectivity index (χ3v) is 5.08. The van der Waals surface area contributed by atoms with E-state index >= 15 is 0 Å². The van der Waals surface area contributed by atoms with E-state index in [2.05, 4.69) is 17.6 Å². The highest BCUT2D eigenvalue weighted by atomic mass is 35.5. The molecule has 20 heavy (non-hydrogen) atoms. The molecular formula is C15H29ClN2O2. The van der Waals surface area contributed by atoms with Gasteiger partial charge < -0.3 is 15.7 Å². The molecule has 0 aromatic heterocycles. The van der Waals surface area contributed by atoms with Gasteiger partial charge in [0.2, 0.25) is 5.91 Å². The maximum atomic E-state index is 12.4. The van der Waals surface area contributed by atoms with E-state index in [1.54, 1.807) is 0 Å². The SMILES string of the molecule is CC1(C(=O)NCC2(C)CCCCC2O)CCCNC1.Cl. The molecule has 0 aromatic rings. The summed E-state index contributed by atoms with van der Waals surface area (Å²) in [6, 6.07) is 0. The third-order valence-electron chi connectivity index (χ3n) is 5.08. The maximum Gasteiger partial charge on any atom is 0.227 e. The lowest BCUT2D eigenvalue weighted by Gasteiger charge is -2.40. The zero-order valence-electron chi connectivity index (χ0n) is 12.7. The minimum atomic E-state index is -0.284. The second-order valence-electron chi connectivity index (χ2n) is 6.94. The van der Waals surface area contributed by atoms with Gasteiger partial charge in [-0.05, 0) is 39.2 Å². The zero-order valence-corrected chi connectivity index (χ0v) is 13.5. The molecule has 2 fully saturated rings. The van der Waals surface area contributed by atoms with Crippen LogP contribution in [0.15, 0.2) is 0 Å². The van der Waals surface area contributed by atoms with Gasteiger partial charge in [0.05, 0.1) is 11.5 Å². The number of carbonyl (C=O) groups is 1. The standard InChI is InChI=1S/C15H28N2O2.ClH/c1-14(7-4-3-6-12(14)18)11-17-13(19)15(2)8-5-9-16-10-15;/h12,16,18H,3-11H2,1-2H3,(H,17,19);1H. The minimum absolute atomic E-state index is 0. The van der Waals surface area contributed by atoms with Gasteiger partial charge in [-0.2, -0.15) is 0 Å². The van der Waals surface area contributed by atoms with Crippen molar-refractivity contribution >= 4 is 18.3 Å². The van der Waals surface area contributed by atoms with Gasteiger partial charge in [0.1, 0.15) is 0 Å². The largest absolute Gasteiger partial charge is 0.392 e. The molecule has 2 rings (SSSR count). The molecule has 3 N–H and O–H groups in total. The molecule has 1 aliphatic carbocycles. The molecule has 2 aliphatic rings. The summed E-state index contributed by atoms with van der Waals surface area (Å²) in [6.45, 7) is 6.51. The Morgan fingerprint density at radius 3 is 2.65 bits per heavy atom. The van der Waals surface area contributed by atoms with E-state index < -0.39 is 0 Å². The number of halogens is 1. The van der Waals surface area contributed by atoms with Crippen LogP contribution in [0.3, 0.4) is 0 Å². The normalized spacial score (nSPS) is 37.9. The fourth-order valence-electron chi connectivity index (χ4n) is 3.33. The highest BCUT2D eigenvalue weighted by Crippen LogP contribution is 2.36. The molecule has 0 bridgehead atoms. The molecular weight excluding hydrogens is 276 g/mol. The van der Waals surface area contributed by atoms with Gasteiger partial charge in [-0.25, -0.2) is 0 Å². The van der Waals surface area contributed by atoms with Crippen molar-refractivity contribution in [3.05, 3.63) is 0 Å². The second-order valence-corrected chi connectivity index (χ2v) is 6.94. The van der Waals surface area contributed by atoms with Gasteiger partial charge in [-0.3, -0.25) is 4.79 Å². The van der Waals surface area contributed by atoms with Crippen molar-refractivity contribution < 1.29 is 9.90 Å². The van der Waals surface area contributed by atoms with Crippen molar-refractivity contribution in [2.75, 3.05) is 19.6 Å². The maximum absolute atomic E-state index is 12.4. The molecule has 3 unspecified atom stereocenters. The summed E-state index contributed by atoms with van der Waals surface area (Å²) in [6.07, 6.45) is 5.86. The Labute approximate surface area is 128 Å². The van der Waals surface area contributed by atoms with E-state index in [9.17, 15) is 9.90 Å². The predicted octanol–water partition coefficient (Wildman–Crippen LogP) is 1.86. The van der Waals surface area contributed by atoms with Gasteiger partial charge in [-0.15, -0.1) is 12.4 Å². The van der Waals surface area contributed by atoms with Crippen molar-refractivity contribution in [3.8, 4) is 0 Å². The van der Waals surface area contributed by atoms with Gasteiger partial charge in [0.25, 0.3) is 0 Å². The molecule has 0 radical (unpaired) electrons. The second kappa shape index (κ2) is 7.10. The molecule has 4 nitrogen and oxygen atoms in total. The lowest BCUT2D eigenvalue weighted by molar-refractivity contribution is -0.132. The van der Waals surface area contributed by atoms with Crippen LogP contribution in [-0.4, -0.2) is 36.8 Å². The van der Waals surface area contributed by atoms with Gasteiger partial charge >= 0.3 is 0 Å². The smallest absolute Gasteiger partial charge is 0.227 e. The lowest BCUT2D eigenvalue weighted by Crippen LogP contribution is -2.52. The number of amides is 1. The summed E-state index contributed by atoms with van der Waals surface area (Å²) in [4.78, 5) is 12.4. The number of piperidine rings is 1. The van der Waals surface area contributed by atoms with Crippen LogP contribution >= 0.6 is 12.4 Å². The molecule has 0 spiro atoms. The van der Waals surface area contributed by atoms with E-state index in [1.807, 2.05) is 6.92 Å². The number of nitrogens with one attached hydrogen (secondary N) is 2. The summed E-state index contributed by atoms with van der Waals surface area (Å²) < 4.78 is 0. The highest BCUT2D eigenvalue weighted by molar-refractivity contribution is 5.85. The Kier molecular flexibility index (Phi) is 6.29. The minimum Gasteiger partial charge on any atom is -0.392 e. The first kappa shape index (κ1) is 17.7. The molecule has 0 aromatic carbocycles. The number of hydrogen-bond donors (Lipinski definition) is 3. The quantitative estimate of drug-likeness (QED) is 0.746. The van der Waals surface area contributed by atoms with Crippen molar-refractivity contribution in [1.82, 2.24) is 10.6 Å². The summed E-state index contributed by atoms with van der Waals surface area (Å²) in [5.41, 5.74) is -0.430. The Balaban J connectivity index is 0.00000200. The molecule has 3 atom stereocenters. The van der Waals surface area contributed by atoms with Crippen LogP contribution in [0.5, 0.6) is 0 Å². The fourth-order valence-corrected chi connectivity index (χ4v) is 3.33. The molecule has 118 valence electrons. The van der Waals surface area contributed by atoms with Crippen molar-refractivity contribution in [2.24, 2.45) is 10.8 Å². The molecule has 1 heterocycles. The summed E-state index contributed by atoms with van der Waals surface area (Å²) in [5, 5.41) is 16.5. The average Bonchev–Trinajstić information content (AvgIpc) is 2.41. The van der Waals surface area contributed by atoms with Gasteiger partial charge in [-0.1, -0.05) is 19.8 Å². The number of rotatable bonds is 3. The van der Waals surface area contributed by atoms with Crippen molar-refractivity contribution in [3.63, 3.8) is 0 Å². The number of aliphatic hydroxyl groups excluding tert-OH is 1. The van der Waals surface area contributed by atoms with Gasteiger partial charge in [0, 0.05) is 18.5 Å². The Hall–Kier alpha value is -0.320. The first-order valence-electron chi connectivity index (χ1n) is 7.63. The van der Waals surface area contributed by atoms with Crippen LogP contribution in [-0.2, 0) is 4.79 Å². The van der Waals surface area contributed by atoms with E-state index in [4.69, 9.17) is 0 Å². The van der Waals surface area contributed by atoms with Crippen LogP contribution in [0, 0.1) is 10.8 Å². The van der Waals surface area contributed by atoms with Crippen LogP contribution in [0.1, 0.15) is 52.4 Å². The molecule has 1 amide bonds. The lowest BCUT2D eigenvalue weighted by atomic mass is 9.73. The Bertz CT molecular complexity index is 332. The van der Waals surface area contributed by atoms with Crippen LogP contribution in [0.4, 0.5) is 0 Å². The monoisotopic (exact) mass is 304 g/mol. The van der Waals surface area contributed by atoms with E-state index in [1.165, 1.54) is 0 Å². The molecule has 1 saturated heterocycles. The van der Waals surface area contributed by atoms with Gasteiger partial charge in [0.15, 0.2) is 0 Å². The van der Waals surface area contributed by atoms with E-state index in [0.717, 1.165) is 51.6 Å². The predicted molar refractivity (Wildman–Crippen MR) is 83.1 cm³/mol. The van der Waals surface area contributed by atoms with Crippen LogP contribution in [0.2, 0.25) is 0 Å². The first-order valence-corrected chi connectivity index (χ1v) is 7.63. The number of hydrogen-bond acceptors (Lipinski definition) is 3. The van der Waals surface area contributed by atoms with Crippen LogP contribution in [0.25, 0.3) is 0 Å². The highest BCUT2D eigenvalue weighted by Gasteiger charge is 2.39. The zero-order chi connectivity index (χ0) is 13.9. The Morgan fingerprint density at radius 2 is 2.05 bits per heavy atom. The third kappa shape index (κ3) is 3.86. The molecule has 1 aliphatic heterocycles. The van der Waals surface area contributed by atoms with Crippen LogP contribution < -0.4 is 10.6 Å². The topological polar surface area (TPSA) is 61.4 Å². The van der Waals surface area contributed by atoms with Crippen molar-refractivity contribution in [1.29, 1.82) is 0 Å². The summed E-state index contributed by atoms with van der Waals surface area (Å²) in [7, 11) is 0. The first-order chi connectivity index (χ1) is 8.96. The molecule has 5 heteroatoms. The fraction of sp³-hybridized carbons (Fsp3) is 0.933. The summed E-state index contributed by atoms with van der Waals surface area (Å²) in [5.74, 6) is 0.138. The number of aliphatic hydroxyl groups is 1. The van der Waals surface area contributed by atoms with Crippen molar-refractivity contribution in [2.45, 2.75) is 58.5 Å². The molecule has 1 saturated carbocycles. The average molecular weight is 305 g/mol. The van der Waals surface area contributed by atoms with E-state index in [0.29, 0.717) is 6.54 Å². The summed E-state index contributed by atoms with van der Waals surface area (Å²) >= 11 is 0. The number of carbonyl (C=O) groups excluding carboxylic acids is 1. The van der Waals surface area contributed by atoms with E-state index in [-0.39, 0.29) is 35.2 Å². The Morgan fingerprint density at radius 1 is 1.30 bits per heavy atom.